The largest absolute Gasteiger partial charge is 0.372 e. The van der Waals surface area contributed by atoms with Crippen LogP contribution in [0.4, 0.5) is 5.69 Å². The first-order valence-corrected chi connectivity index (χ1v) is 7.52. The lowest BCUT2D eigenvalue weighted by molar-refractivity contribution is 0.501. The molecule has 1 aromatic carbocycles. The maximum atomic E-state index is 3.51. The minimum Gasteiger partial charge on any atom is -0.372 e. The summed E-state index contributed by atoms with van der Waals surface area (Å²) < 4.78 is 0. The van der Waals surface area contributed by atoms with Gasteiger partial charge in [-0.25, -0.2) is 0 Å². The normalized spacial score (nSPS) is 14.5. The summed E-state index contributed by atoms with van der Waals surface area (Å²) in [6, 6.07) is 9.70. The van der Waals surface area contributed by atoms with E-state index in [0.29, 0.717) is 12.1 Å². The Kier molecular flexibility index (Phi) is 6.36. The third kappa shape index (κ3) is 4.54. The number of hydrogen-bond acceptors (Lipinski definition) is 2. The molecule has 1 aromatic rings. The first-order chi connectivity index (χ1) is 8.97. The lowest BCUT2D eigenvalue weighted by Crippen LogP contribution is -2.32. The summed E-state index contributed by atoms with van der Waals surface area (Å²) in [4.78, 5) is 2.42. The van der Waals surface area contributed by atoms with Crippen molar-refractivity contribution in [1.82, 2.24) is 5.32 Å². The summed E-state index contributed by atoms with van der Waals surface area (Å²) in [5, 5.41) is 3.51. The average molecular weight is 262 g/mol. The third-order valence-corrected chi connectivity index (χ3v) is 3.77. The van der Waals surface area contributed by atoms with Crippen LogP contribution in [-0.4, -0.2) is 19.6 Å². The SMILES string of the molecule is CCNC(C)c1ccccc1N(C)C(C)CC(C)C. The van der Waals surface area contributed by atoms with Crippen LogP contribution in [-0.2, 0) is 0 Å². The summed E-state index contributed by atoms with van der Waals surface area (Å²) in [6.45, 7) is 12.3. The van der Waals surface area contributed by atoms with Crippen LogP contribution in [0.15, 0.2) is 24.3 Å². The summed E-state index contributed by atoms with van der Waals surface area (Å²) >= 11 is 0. The minimum absolute atomic E-state index is 0.398. The van der Waals surface area contributed by atoms with Gasteiger partial charge in [0.25, 0.3) is 0 Å². The molecule has 2 atom stereocenters. The first kappa shape index (κ1) is 16.0. The van der Waals surface area contributed by atoms with Gasteiger partial charge < -0.3 is 10.2 Å². The lowest BCUT2D eigenvalue weighted by atomic mass is 10.0. The van der Waals surface area contributed by atoms with Gasteiger partial charge in [0, 0.05) is 24.8 Å². The van der Waals surface area contributed by atoms with Crippen molar-refractivity contribution in [3.8, 4) is 0 Å². The molecule has 0 fully saturated rings. The molecule has 0 saturated carbocycles. The highest BCUT2D eigenvalue weighted by molar-refractivity contribution is 5.55. The van der Waals surface area contributed by atoms with Crippen molar-refractivity contribution in [2.45, 2.75) is 53.1 Å². The van der Waals surface area contributed by atoms with Crippen LogP contribution >= 0.6 is 0 Å². The smallest absolute Gasteiger partial charge is 0.0414 e. The van der Waals surface area contributed by atoms with Crippen molar-refractivity contribution in [2.75, 3.05) is 18.5 Å². The van der Waals surface area contributed by atoms with Crippen LogP contribution in [0.2, 0.25) is 0 Å². The Morgan fingerprint density at radius 2 is 1.74 bits per heavy atom. The Morgan fingerprint density at radius 1 is 1.11 bits per heavy atom. The fourth-order valence-corrected chi connectivity index (χ4v) is 2.67. The Balaban J connectivity index is 2.92. The van der Waals surface area contributed by atoms with Gasteiger partial charge in [-0.05, 0) is 44.4 Å². The van der Waals surface area contributed by atoms with Gasteiger partial charge in [-0.1, -0.05) is 39.0 Å². The van der Waals surface area contributed by atoms with E-state index in [2.05, 4.69) is 76.1 Å². The van der Waals surface area contributed by atoms with E-state index in [0.717, 1.165) is 12.5 Å². The van der Waals surface area contributed by atoms with Crippen molar-refractivity contribution in [3.63, 3.8) is 0 Å². The number of anilines is 1. The Morgan fingerprint density at radius 3 is 2.32 bits per heavy atom. The van der Waals surface area contributed by atoms with Gasteiger partial charge in [-0.15, -0.1) is 0 Å². The van der Waals surface area contributed by atoms with Gasteiger partial charge in [0.1, 0.15) is 0 Å². The van der Waals surface area contributed by atoms with Gasteiger partial charge >= 0.3 is 0 Å². The van der Waals surface area contributed by atoms with E-state index in [1.54, 1.807) is 0 Å². The summed E-state index contributed by atoms with van der Waals surface area (Å²) in [5.74, 6) is 0.732. The van der Waals surface area contributed by atoms with Crippen molar-refractivity contribution >= 4 is 5.69 Å². The third-order valence-electron chi connectivity index (χ3n) is 3.77. The van der Waals surface area contributed by atoms with Gasteiger partial charge in [0.15, 0.2) is 0 Å². The Hall–Kier alpha value is -1.02. The van der Waals surface area contributed by atoms with Crippen molar-refractivity contribution in [1.29, 1.82) is 0 Å². The van der Waals surface area contributed by atoms with E-state index >= 15 is 0 Å². The standard InChI is InChI=1S/C17H30N2/c1-7-18-15(5)16-10-8-9-11-17(16)19(6)14(4)12-13(2)3/h8-11,13-15,18H,7,12H2,1-6H3. The number of nitrogens with one attached hydrogen (secondary N) is 1. The summed E-state index contributed by atoms with van der Waals surface area (Å²) in [5.41, 5.74) is 2.74. The fraction of sp³-hybridized carbons (Fsp3) is 0.647. The zero-order valence-corrected chi connectivity index (χ0v) is 13.4. The fourth-order valence-electron chi connectivity index (χ4n) is 2.67. The number of hydrogen-bond donors (Lipinski definition) is 1. The van der Waals surface area contributed by atoms with Crippen LogP contribution in [0.1, 0.15) is 52.6 Å². The van der Waals surface area contributed by atoms with Gasteiger partial charge in [-0.2, -0.15) is 0 Å². The number of nitrogens with zero attached hydrogens (tertiary/aromatic N) is 1. The van der Waals surface area contributed by atoms with E-state index in [4.69, 9.17) is 0 Å². The van der Waals surface area contributed by atoms with E-state index in [-0.39, 0.29) is 0 Å². The van der Waals surface area contributed by atoms with Crippen LogP contribution in [0.5, 0.6) is 0 Å². The molecule has 0 saturated heterocycles. The number of benzene rings is 1. The molecule has 1 N–H and O–H groups in total. The van der Waals surface area contributed by atoms with Crippen molar-refractivity contribution in [3.05, 3.63) is 29.8 Å². The molecule has 0 spiro atoms. The summed E-state index contributed by atoms with van der Waals surface area (Å²) in [6.07, 6.45) is 1.22. The molecule has 0 aromatic heterocycles. The molecular weight excluding hydrogens is 232 g/mol. The van der Waals surface area contributed by atoms with Crippen LogP contribution < -0.4 is 10.2 Å². The molecule has 0 aliphatic rings. The lowest BCUT2D eigenvalue weighted by Gasteiger charge is -2.31. The number of rotatable bonds is 7. The molecular formula is C17H30N2. The highest BCUT2D eigenvalue weighted by Crippen LogP contribution is 2.28. The number of para-hydroxylation sites is 1. The molecule has 1 rings (SSSR count). The average Bonchev–Trinajstić information content (AvgIpc) is 2.37. The highest BCUT2D eigenvalue weighted by atomic mass is 15.1. The second-order valence-corrected chi connectivity index (χ2v) is 5.93. The van der Waals surface area contributed by atoms with Crippen LogP contribution in [0.25, 0.3) is 0 Å². The predicted molar refractivity (Wildman–Crippen MR) is 85.9 cm³/mol. The van der Waals surface area contributed by atoms with Crippen LogP contribution in [0, 0.1) is 5.92 Å². The molecule has 0 amide bonds. The Labute approximate surface area is 119 Å². The molecule has 108 valence electrons. The van der Waals surface area contributed by atoms with E-state index in [1.807, 2.05) is 0 Å². The Bertz CT molecular complexity index is 373. The van der Waals surface area contributed by atoms with Crippen LogP contribution in [0.3, 0.4) is 0 Å². The first-order valence-electron chi connectivity index (χ1n) is 7.52. The quantitative estimate of drug-likeness (QED) is 0.791. The molecule has 0 radical (unpaired) electrons. The molecule has 0 heterocycles. The zero-order valence-electron chi connectivity index (χ0n) is 13.4. The highest BCUT2D eigenvalue weighted by Gasteiger charge is 2.16. The van der Waals surface area contributed by atoms with Crippen molar-refractivity contribution in [2.24, 2.45) is 5.92 Å². The molecule has 0 aliphatic carbocycles. The van der Waals surface area contributed by atoms with Gasteiger partial charge in [0.2, 0.25) is 0 Å². The second-order valence-electron chi connectivity index (χ2n) is 5.93. The van der Waals surface area contributed by atoms with Crippen molar-refractivity contribution < 1.29 is 0 Å². The molecule has 19 heavy (non-hydrogen) atoms. The zero-order chi connectivity index (χ0) is 14.4. The van der Waals surface area contributed by atoms with E-state index in [1.165, 1.54) is 17.7 Å². The molecule has 0 bridgehead atoms. The molecule has 2 nitrogen and oxygen atoms in total. The topological polar surface area (TPSA) is 15.3 Å². The van der Waals surface area contributed by atoms with E-state index < -0.39 is 0 Å². The van der Waals surface area contributed by atoms with Gasteiger partial charge in [-0.3, -0.25) is 0 Å². The molecule has 2 heteroatoms. The monoisotopic (exact) mass is 262 g/mol. The maximum Gasteiger partial charge on any atom is 0.0414 e. The second kappa shape index (κ2) is 7.54. The predicted octanol–water partition coefficient (Wildman–Crippen LogP) is 4.23. The van der Waals surface area contributed by atoms with Gasteiger partial charge in [0.05, 0.1) is 0 Å². The maximum absolute atomic E-state index is 3.51. The summed E-state index contributed by atoms with van der Waals surface area (Å²) in [7, 11) is 2.21. The van der Waals surface area contributed by atoms with E-state index in [9.17, 15) is 0 Å². The minimum atomic E-state index is 0.398. The molecule has 2 unspecified atom stereocenters. The molecule has 0 aliphatic heterocycles.